The van der Waals surface area contributed by atoms with Gasteiger partial charge in [-0.3, -0.25) is 33.7 Å². The molecule has 14 heteroatoms. The molecular formula is C23H34N2O12. The smallest absolute Gasteiger partial charge is 0.305 e. The fourth-order valence-corrected chi connectivity index (χ4v) is 3.26. The van der Waals surface area contributed by atoms with Crippen LogP contribution in [0.2, 0.25) is 0 Å². The summed E-state index contributed by atoms with van der Waals surface area (Å²) in [5.41, 5.74) is -1.33. The second-order valence-electron chi connectivity index (χ2n) is 8.39. The van der Waals surface area contributed by atoms with Crippen LogP contribution in [0, 0.1) is 0 Å². The van der Waals surface area contributed by atoms with Gasteiger partial charge in [0.25, 0.3) is 11.8 Å². The number of imide groups is 1. The minimum Gasteiger partial charge on any atom is -0.481 e. The topological polar surface area (TPSA) is 206 Å². The van der Waals surface area contributed by atoms with Crippen molar-refractivity contribution in [2.45, 2.75) is 50.5 Å². The molecule has 4 N–H and O–H groups in total. The highest BCUT2D eigenvalue weighted by Gasteiger charge is 2.34. The zero-order valence-corrected chi connectivity index (χ0v) is 20.5. The van der Waals surface area contributed by atoms with E-state index >= 15 is 0 Å². The van der Waals surface area contributed by atoms with Crippen LogP contribution >= 0.6 is 0 Å². The summed E-state index contributed by atoms with van der Waals surface area (Å²) >= 11 is 0. The maximum Gasteiger partial charge on any atom is 0.305 e. The first kappa shape index (κ1) is 31.7. The van der Waals surface area contributed by atoms with Crippen LogP contribution < -0.4 is 5.32 Å². The predicted molar refractivity (Wildman–Crippen MR) is 124 cm³/mol. The molecule has 0 saturated heterocycles. The van der Waals surface area contributed by atoms with Crippen molar-refractivity contribution in [3.63, 3.8) is 0 Å². The highest BCUT2D eigenvalue weighted by atomic mass is 16.5. The highest BCUT2D eigenvalue weighted by molar-refractivity contribution is 6.12. The number of carboxylic acids is 3. The number of nitrogens with one attached hydrogen (secondary N) is 1. The van der Waals surface area contributed by atoms with Crippen LogP contribution in [0.4, 0.5) is 0 Å². The molecule has 0 aromatic carbocycles. The molecule has 1 heterocycles. The maximum atomic E-state index is 12.7. The van der Waals surface area contributed by atoms with Crippen LogP contribution in [0.5, 0.6) is 0 Å². The summed E-state index contributed by atoms with van der Waals surface area (Å²) in [5.74, 6) is -4.42. The molecule has 1 aliphatic heterocycles. The molecule has 1 aliphatic rings. The number of ether oxygens (including phenoxy) is 3. The molecule has 0 atom stereocenters. The zero-order chi connectivity index (χ0) is 27.7. The van der Waals surface area contributed by atoms with Crippen LogP contribution in [0.1, 0.15) is 44.9 Å². The third kappa shape index (κ3) is 14.1. The molecule has 0 aromatic rings. The summed E-state index contributed by atoms with van der Waals surface area (Å²) in [6.07, 6.45) is 3.09. The quantitative estimate of drug-likeness (QED) is 0.106. The second-order valence-corrected chi connectivity index (χ2v) is 8.39. The Morgan fingerprint density at radius 2 is 1.14 bits per heavy atom. The molecule has 0 fully saturated rings. The Morgan fingerprint density at radius 3 is 1.54 bits per heavy atom. The van der Waals surface area contributed by atoms with Gasteiger partial charge in [0.2, 0.25) is 5.91 Å². The van der Waals surface area contributed by atoms with Crippen LogP contribution in [-0.2, 0) is 43.0 Å². The molecule has 0 aromatic heterocycles. The standard InChI is InChI=1S/C23H34N2O12/c26-17(4-2-1-3-10-25-18(27)5-6-19(25)28)24-23(14-35-11-7-20(29)30,15-36-12-8-21(31)32)16-37-13-9-22(33)34/h5-6H,1-4,7-16H2,(H,24,26)(H,29,30)(H,31,32)(H,33,34). The normalized spacial score (nSPS) is 13.2. The molecule has 0 spiro atoms. The Hall–Kier alpha value is -3.36. The predicted octanol–water partition coefficient (Wildman–Crippen LogP) is -0.199. The Bertz CT molecular complexity index is 769. The van der Waals surface area contributed by atoms with Gasteiger partial charge in [0.1, 0.15) is 5.54 Å². The Labute approximate surface area is 213 Å². The molecule has 0 bridgehead atoms. The van der Waals surface area contributed by atoms with E-state index in [1.54, 1.807) is 0 Å². The zero-order valence-electron chi connectivity index (χ0n) is 20.5. The lowest BCUT2D eigenvalue weighted by Gasteiger charge is -2.34. The number of hydrogen-bond acceptors (Lipinski definition) is 9. The van der Waals surface area contributed by atoms with Crippen molar-refractivity contribution >= 4 is 35.6 Å². The van der Waals surface area contributed by atoms with Crippen LogP contribution in [0.15, 0.2) is 12.2 Å². The number of rotatable bonds is 22. The van der Waals surface area contributed by atoms with Crippen molar-refractivity contribution in [3.8, 4) is 0 Å². The Morgan fingerprint density at radius 1 is 0.703 bits per heavy atom. The number of aliphatic carboxylic acids is 3. The number of carboxylic acid groups (broad SMARTS) is 3. The third-order valence-electron chi connectivity index (χ3n) is 5.11. The molecule has 0 saturated carbocycles. The first-order valence-electron chi connectivity index (χ1n) is 11.8. The van der Waals surface area contributed by atoms with Crippen molar-refractivity contribution in [1.82, 2.24) is 10.2 Å². The lowest BCUT2D eigenvalue weighted by molar-refractivity contribution is -0.140. The summed E-state index contributed by atoms with van der Waals surface area (Å²) in [5, 5.41) is 29.2. The second kappa shape index (κ2) is 17.2. The molecule has 208 valence electrons. The van der Waals surface area contributed by atoms with E-state index in [9.17, 15) is 28.8 Å². The van der Waals surface area contributed by atoms with Gasteiger partial charge in [0.15, 0.2) is 0 Å². The molecule has 0 unspecified atom stereocenters. The van der Waals surface area contributed by atoms with Gasteiger partial charge in [-0.1, -0.05) is 6.42 Å². The van der Waals surface area contributed by atoms with E-state index in [1.165, 1.54) is 12.2 Å². The summed E-state index contributed by atoms with van der Waals surface area (Å²) in [6, 6.07) is 0. The van der Waals surface area contributed by atoms with Gasteiger partial charge in [0.05, 0.1) is 58.9 Å². The minimum atomic E-state index is -1.33. The number of nitrogens with zero attached hydrogens (tertiary/aromatic N) is 1. The largest absolute Gasteiger partial charge is 0.481 e. The fourth-order valence-electron chi connectivity index (χ4n) is 3.26. The number of carbonyl (C=O) groups excluding carboxylic acids is 3. The summed E-state index contributed by atoms with van der Waals surface area (Å²) in [4.78, 5) is 69.3. The van der Waals surface area contributed by atoms with Crippen molar-refractivity contribution in [2.24, 2.45) is 0 Å². The van der Waals surface area contributed by atoms with E-state index in [4.69, 9.17) is 29.5 Å². The number of hydrogen-bond donors (Lipinski definition) is 4. The first-order valence-corrected chi connectivity index (χ1v) is 11.8. The SMILES string of the molecule is O=C(O)CCOCC(COCCC(=O)O)(COCCC(=O)O)NC(=O)CCCCCN1C(=O)C=CC1=O. The van der Waals surface area contributed by atoms with Gasteiger partial charge in [-0.25, -0.2) is 0 Å². The van der Waals surface area contributed by atoms with E-state index in [1.807, 2.05) is 0 Å². The third-order valence-corrected chi connectivity index (χ3v) is 5.11. The average molecular weight is 531 g/mol. The molecule has 14 nitrogen and oxygen atoms in total. The van der Waals surface area contributed by atoms with E-state index in [0.717, 1.165) is 4.90 Å². The van der Waals surface area contributed by atoms with Gasteiger partial charge in [-0.15, -0.1) is 0 Å². The molecule has 3 amide bonds. The van der Waals surface area contributed by atoms with Crippen molar-refractivity contribution in [2.75, 3.05) is 46.2 Å². The van der Waals surface area contributed by atoms with Crippen LogP contribution in [-0.4, -0.2) is 108 Å². The van der Waals surface area contributed by atoms with Crippen molar-refractivity contribution < 1.29 is 58.3 Å². The summed E-state index contributed by atoms with van der Waals surface area (Å²) in [7, 11) is 0. The average Bonchev–Trinajstić information content (AvgIpc) is 3.14. The van der Waals surface area contributed by atoms with Gasteiger partial charge in [-0.05, 0) is 12.8 Å². The maximum absolute atomic E-state index is 12.7. The van der Waals surface area contributed by atoms with E-state index in [2.05, 4.69) is 5.32 Å². The summed E-state index contributed by atoms with van der Waals surface area (Å²) in [6.45, 7) is -0.933. The number of unbranched alkanes of at least 4 members (excludes halogenated alkanes) is 2. The first-order chi connectivity index (χ1) is 17.5. The molecular weight excluding hydrogens is 496 g/mol. The van der Waals surface area contributed by atoms with E-state index < -0.39 is 29.4 Å². The molecule has 0 radical (unpaired) electrons. The molecule has 37 heavy (non-hydrogen) atoms. The molecule has 0 aliphatic carbocycles. The van der Waals surface area contributed by atoms with Crippen LogP contribution in [0.3, 0.4) is 0 Å². The van der Waals surface area contributed by atoms with Crippen molar-refractivity contribution in [3.05, 3.63) is 12.2 Å². The summed E-state index contributed by atoms with van der Waals surface area (Å²) < 4.78 is 16.3. The Balaban J connectivity index is 2.70. The number of amides is 3. The van der Waals surface area contributed by atoms with E-state index in [0.29, 0.717) is 19.3 Å². The van der Waals surface area contributed by atoms with E-state index in [-0.39, 0.29) is 83.7 Å². The highest BCUT2D eigenvalue weighted by Crippen LogP contribution is 2.13. The Kier molecular flexibility index (Phi) is 14.7. The van der Waals surface area contributed by atoms with Crippen molar-refractivity contribution in [1.29, 1.82) is 0 Å². The fraction of sp³-hybridized carbons (Fsp3) is 0.652. The monoisotopic (exact) mass is 530 g/mol. The van der Waals surface area contributed by atoms with Gasteiger partial charge in [0, 0.05) is 25.1 Å². The van der Waals surface area contributed by atoms with Gasteiger partial charge < -0.3 is 34.8 Å². The lowest BCUT2D eigenvalue weighted by atomic mass is 10.0. The lowest BCUT2D eigenvalue weighted by Crippen LogP contribution is -2.58. The van der Waals surface area contributed by atoms with Gasteiger partial charge >= 0.3 is 17.9 Å². The van der Waals surface area contributed by atoms with Gasteiger partial charge in [-0.2, -0.15) is 0 Å². The minimum absolute atomic E-state index is 0.0707. The molecule has 1 rings (SSSR count). The van der Waals surface area contributed by atoms with Crippen LogP contribution in [0.25, 0.3) is 0 Å². The number of carbonyl (C=O) groups is 6.